The molecule has 0 spiro atoms. The topological polar surface area (TPSA) is 63.2 Å². The number of hydrogen-bond donors (Lipinski definition) is 2. The molecule has 2 N–H and O–H groups in total. The highest BCUT2D eigenvalue weighted by Gasteiger charge is 2.24. The lowest BCUT2D eigenvalue weighted by atomic mass is 10.1. The average molecular weight is 368 g/mol. The Morgan fingerprint density at radius 1 is 1.36 bits per heavy atom. The number of halogens is 3. The van der Waals surface area contributed by atoms with E-state index in [-0.39, 0.29) is 11.3 Å². The quantitative estimate of drug-likeness (QED) is 0.595. The summed E-state index contributed by atoms with van der Waals surface area (Å²) in [5.74, 6) is -2.77. The van der Waals surface area contributed by atoms with Crippen molar-refractivity contribution in [2.24, 2.45) is 5.92 Å². The number of hydrogen-bond acceptors (Lipinski definition) is 4. The molecule has 1 aliphatic rings. The molecule has 2 aromatic rings. The number of anilines is 2. The number of aryl methyl sites for hydroxylation is 1. The summed E-state index contributed by atoms with van der Waals surface area (Å²) in [7, 11) is 0. The number of pyridine rings is 1. The molecular weight excluding hydrogens is 352 g/mol. The highest BCUT2D eigenvalue weighted by atomic mass is 35.5. The molecule has 1 amide bonds. The number of nitrogens with one attached hydrogen (secondary N) is 2. The molecule has 5 nitrogen and oxygen atoms in total. The first-order valence-corrected chi connectivity index (χ1v) is 8.13. The lowest BCUT2D eigenvalue weighted by Gasteiger charge is -2.14. The number of carbonyl (C=O) groups excluding carboxylic acids is 1. The maximum atomic E-state index is 14.3. The van der Waals surface area contributed by atoms with Gasteiger partial charge in [-0.05, 0) is 43.9 Å². The van der Waals surface area contributed by atoms with Crippen molar-refractivity contribution in [3.8, 4) is 0 Å². The summed E-state index contributed by atoms with van der Waals surface area (Å²) in [6.45, 7) is 2.18. The number of rotatable bonds is 6. The second-order valence-electron chi connectivity index (χ2n) is 5.91. The van der Waals surface area contributed by atoms with Crippen LogP contribution in [0.15, 0.2) is 24.4 Å². The summed E-state index contributed by atoms with van der Waals surface area (Å²) >= 11 is 5.68. The van der Waals surface area contributed by atoms with E-state index in [0.29, 0.717) is 18.2 Å². The van der Waals surface area contributed by atoms with Gasteiger partial charge in [0.15, 0.2) is 11.6 Å². The third kappa shape index (κ3) is 4.24. The Kier molecular flexibility index (Phi) is 5.15. The van der Waals surface area contributed by atoms with Gasteiger partial charge in [-0.25, -0.2) is 14.3 Å². The van der Waals surface area contributed by atoms with E-state index in [0.717, 1.165) is 24.6 Å². The molecule has 0 aliphatic heterocycles. The van der Waals surface area contributed by atoms with Crippen molar-refractivity contribution in [1.82, 2.24) is 10.5 Å². The van der Waals surface area contributed by atoms with Gasteiger partial charge >= 0.3 is 0 Å². The summed E-state index contributed by atoms with van der Waals surface area (Å²) in [6, 6.07) is 4.39. The van der Waals surface area contributed by atoms with Crippen molar-refractivity contribution in [1.29, 1.82) is 0 Å². The highest BCUT2D eigenvalue weighted by Crippen LogP contribution is 2.31. The average Bonchev–Trinajstić information content (AvgIpc) is 3.41. The van der Waals surface area contributed by atoms with Gasteiger partial charge in [-0.15, -0.1) is 0 Å². The number of hydroxylamine groups is 1. The van der Waals surface area contributed by atoms with Crippen LogP contribution in [-0.4, -0.2) is 17.5 Å². The summed E-state index contributed by atoms with van der Waals surface area (Å²) < 4.78 is 28.2. The second-order valence-corrected chi connectivity index (χ2v) is 6.31. The van der Waals surface area contributed by atoms with E-state index in [2.05, 4.69) is 15.8 Å². The molecule has 1 aromatic heterocycles. The fourth-order valence-electron chi connectivity index (χ4n) is 2.15. The van der Waals surface area contributed by atoms with Crippen LogP contribution in [0, 0.1) is 24.5 Å². The molecule has 0 atom stereocenters. The Labute approximate surface area is 148 Å². The van der Waals surface area contributed by atoms with E-state index in [1.54, 1.807) is 19.1 Å². The van der Waals surface area contributed by atoms with Gasteiger partial charge in [-0.3, -0.25) is 14.6 Å². The third-order valence-corrected chi connectivity index (χ3v) is 4.04. The Morgan fingerprint density at radius 3 is 2.76 bits per heavy atom. The molecule has 1 aromatic carbocycles. The molecule has 1 heterocycles. The molecule has 8 heteroatoms. The Bertz CT molecular complexity index is 795. The molecule has 1 fully saturated rings. The maximum Gasteiger partial charge on any atom is 0.277 e. The second kappa shape index (κ2) is 7.33. The standard InChI is InChI=1S/C17H16ClF2N3O2/c1-9-2-5-11(7-21-9)22-16-12(6-13(18)14(19)15(16)20)17(24)23-25-8-10-3-4-10/h2,5-7,10,22H,3-4,8H2,1H3,(H,23,24). The summed E-state index contributed by atoms with van der Waals surface area (Å²) in [5.41, 5.74) is 2.90. The maximum absolute atomic E-state index is 14.3. The van der Waals surface area contributed by atoms with E-state index in [1.165, 1.54) is 6.20 Å². The van der Waals surface area contributed by atoms with E-state index in [1.807, 2.05) is 0 Å². The first-order valence-electron chi connectivity index (χ1n) is 7.75. The zero-order chi connectivity index (χ0) is 18.0. The van der Waals surface area contributed by atoms with Crippen LogP contribution >= 0.6 is 11.6 Å². The fourth-order valence-corrected chi connectivity index (χ4v) is 2.34. The third-order valence-electron chi connectivity index (χ3n) is 3.77. The zero-order valence-corrected chi connectivity index (χ0v) is 14.2. The molecule has 0 radical (unpaired) electrons. The Hall–Kier alpha value is -2.25. The summed E-state index contributed by atoms with van der Waals surface area (Å²) in [6.07, 6.45) is 3.56. The predicted molar refractivity (Wildman–Crippen MR) is 89.8 cm³/mol. The fraction of sp³-hybridized carbons (Fsp3) is 0.294. The number of aromatic nitrogens is 1. The van der Waals surface area contributed by atoms with Gasteiger partial charge < -0.3 is 5.32 Å². The van der Waals surface area contributed by atoms with Gasteiger partial charge in [-0.2, -0.15) is 0 Å². The van der Waals surface area contributed by atoms with Gasteiger partial charge in [0, 0.05) is 5.69 Å². The molecular formula is C17H16ClF2N3O2. The minimum Gasteiger partial charge on any atom is -0.351 e. The van der Waals surface area contributed by atoms with Crippen LogP contribution in [0.25, 0.3) is 0 Å². The number of benzene rings is 1. The largest absolute Gasteiger partial charge is 0.351 e. The lowest BCUT2D eigenvalue weighted by Crippen LogP contribution is -2.26. The van der Waals surface area contributed by atoms with Crippen LogP contribution in [-0.2, 0) is 4.84 Å². The molecule has 1 aliphatic carbocycles. The molecule has 3 rings (SSSR count). The van der Waals surface area contributed by atoms with Crippen LogP contribution in [0.3, 0.4) is 0 Å². The molecule has 25 heavy (non-hydrogen) atoms. The normalized spacial score (nSPS) is 13.6. The summed E-state index contributed by atoms with van der Waals surface area (Å²) in [5, 5.41) is 2.19. The first kappa shape index (κ1) is 17.6. The van der Waals surface area contributed by atoms with Crippen molar-refractivity contribution in [2.75, 3.05) is 11.9 Å². The van der Waals surface area contributed by atoms with Crippen LogP contribution in [0.4, 0.5) is 20.2 Å². The summed E-state index contributed by atoms with van der Waals surface area (Å²) in [4.78, 5) is 21.5. The van der Waals surface area contributed by atoms with Gasteiger partial charge in [0.2, 0.25) is 0 Å². The number of nitrogens with zero attached hydrogens (tertiary/aromatic N) is 1. The van der Waals surface area contributed by atoms with Crippen LogP contribution in [0.1, 0.15) is 28.9 Å². The Balaban J connectivity index is 1.86. The van der Waals surface area contributed by atoms with E-state index in [4.69, 9.17) is 16.4 Å². The van der Waals surface area contributed by atoms with Crippen LogP contribution < -0.4 is 10.8 Å². The van der Waals surface area contributed by atoms with Crippen molar-refractivity contribution >= 4 is 28.9 Å². The van der Waals surface area contributed by atoms with Crippen molar-refractivity contribution in [3.05, 3.63) is 52.3 Å². The van der Waals surface area contributed by atoms with Crippen LogP contribution in [0.5, 0.6) is 0 Å². The lowest BCUT2D eigenvalue weighted by molar-refractivity contribution is 0.0270. The number of amides is 1. The molecule has 0 bridgehead atoms. The number of carbonyl (C=O) groups is 1. The predicted octanol–water partition coefficient (Wildman–Crippen LogP) is 4.14. The van der Waals surface area contributed by atoms with Gasteiger partial charge in [-0.1, -0.05) is 11.6 Å². The SMILES string of the molecule is Cc1ccc(Nc2c(C(=O)NOCC3CC3)cc(Cl)c(F)c2F)cn1. The Morgan fingerprint density at radius 2 is 2.12 bits per heavy atom. The van der Waals surface area contributed by atoms with Gasteiger partial charge in [0.25, 0.3) is 5.91 Å². The monoisotopic (exact) mass is 367 g/mol. The van der Waals surface area contributed by atoms with Crippen LogP contribution in [0.2, 0.25) is 5.02 Å². The highest BCUT2D eigenvalue weighted by molar-refractivity contribution is 6.31. The first-order chi connectivity index (χ1) is 12.0. The molecule has 0 saturated heterocycles. The zero-order valence-electron chi connectivity index (χ0n) is 13.4. The minimum atomic E-state index is -1.25. The smallest absolute Gasteiger partial charge is 0.277 e. The van der Waals surface area contributed by atoms with Crippen molar-refractivity contribution in [2.45, 2.75) is 19.8 Å². The van der Waals surface area contributed by atoms with Gasteiger partial charge in [0.05, 0.1) is 34.8 Å². The van der Waals surface area contributed by atoms with E-state index in [9.17, 15) is 13.6 Å². The van der Waals surface area contributed by atoms with E-state index >= 15 is 0 Å². The molecule has 132 valence electrons. The minimum absolute atomic E-state index is 0.166. The van der Waals surface area contributed by atoms with Crippen molar-refractivity contribution < 1.29 is 18.4 Å². The van der Waals surface area contributed by atoms with Gasteiger partial charge in [0.1, 0.15) is 0 Å². The molecule has 0 unspecified atom stereocenters. The van der Waals surface area contributed by atoms with E-state index < -0.39 is 22.6 Å². The molecule has 1 saturated carbocycles. The van der Waals surface area contributed by atoms with Crippen molar-refractivity contribution in [3.63, 3.8) is 0 Å².